The third kappa shape index (κ3) is 4.06. The monoisotopic (exact) mass is 329 g/mol. The second-order valence-electron chi connectivity index (χ2n) is 3.46. The molecule has 0 bridgehead atoms. The van der Waals surface area contributed by atoms with Gasteiger partial charge >= 0.3 is 11.9 Å². The molecular weight excluding hydrogens is 318 g/mol. The largest absolute Gasteiger partial charge is 0.467 e. The fourth-order valence-corrected chi connectivity index (χ4v) is 1.53. The Kier molecular flexibility index (Phi) is 5.50. The number of amides is 1. The molecule has 0 atom stereocenters. The molecule has 0 spiro atoms. The standard InChI is InChI=1S/C12H12BrNO5/c1-18-11(16)9(12(17)19-2)14-10(15)7-3-5-8(13)6-4-7/h3-6,9H,1-2H3,(H,14,15). The highest BCUT2D eigenvalue weighted by Crippen LogP contribution is 2.10. The average Bonchev–Trinajstić information content (AvgIpc) is 2.43. The van der Waals surface area contributed by atoms with Crippen LogP contribution in [0.2, 0.25) is 0 Å². The molecule has 1 aromatic rings. The van der Waals surface area contributed by atoms with Crippen LogP contribution < -0.4 is 5.32 Å². The number of carbonyl (C=O) groups is 3. The van der Waals surface area contributed by atoms with Crippen molar-refractivity contribution in [2.75, 3.05) is 14.2 Å². The minimum Gasteiger partial charge on any atom is -0.467 e. The molecule has 0 aromatic heterocycles. The molecule has 1 rings (SSSR count). The molecule has 102 valence electrons. The predicted octanol–water partition coefficient (Wildman–Crippen LogP) is 0.893. The van der Waals surface area contributed by atoms with Crippen LogP contribution in [0.5, 0.6) is 0 Å². The summed E-state index contributed by atoms with van der Waals surface area (Å²) in [6.07, 6.45) is 0. The van der Waals surface area contributed by atoms with Crippen LogP contribution in [0.1, 0.15) is 10.4 Å². The summed E-state index contributed by atoms with van der Waals surface area (Å²) in [4.78, 5) is 34.6. The highest BCUT2D eigenvalue weighted by Gasteiger charge is 2.30. The van der Waals surface area contributed by atoms with Crippen LogP contribution in [0, 0.1) is 0 Å². The number of hydrogen-bond donors (Lipinski definition) is 1. The van der Waals surface area contributed by atoms with Crippen molar-refractivity contribution < 1.29 is 23.9 Å². The van der Waals surface area contributed by atoms with Gasteiger partial charge in [-0.25, -0.2) is 9.59 Å². The first-order chi connectivity index (χ1) is 8.99. The summed E-state index contributed by atoms with van der Waals surface area (Å²) in [6, 6.07) is 4.95. The van der Waals surface area contributed by atoms with E-state index in [1.54, 1.807) is 24.3 Å². The van der Waals surface area contributed by atoms with Crippen LogP contribution in [-0.2, 0) is 19.1 Å². The molecule has 1 N–H and O–H groups in total. The van der Waals surface area contributed by atoms with Gasteiger partial charge in [-0.1, -0.05) is 15.9 Å². The van der Waals surface area contributed by atoms with Gasteiger partial charge in [-0.3, -0.25) is 4.79 Å². The number of hydrogen-bond acceptors (Lipinski definition) is 5. The maximum Gasteiger partial charge on any atom is 0.340 e. The number of ether oxygens (including phenoxy) is 2. The third-order valence-electron chi connectivity index (χ3n) is 2.26. The van der Waals surface area contributed by atoms with E-state index in [9.17, 15) is 14.4 Å². The summed E-state index contributed by atoms with van der Waals surface area (Å²) in [5.74, 6) is -2.36. The molecule has 0 fully saturated rings. The van der Waals surface area contributed by atoms with Gasteiger partial charge in [-0.2, -0.15) is 0 Å². The van der Waals surface area contributed by atoms with Gasteiger partial charge in [0.15, 0.2) is 0 Å². The molecule has 0 aliphatic carbocycles. The Hall–Kier alpha value is -1.89. The Morgan fingerprint density at radius 1 is 1.05 bits per heavy atom. The normalized spacial score (nSPS) is 9.89. The molecular formula is C12H12BrNO5. The van der Waals surface area contributed by atoms with Crippen molar-refractivity contribution in [3.63, 3.8) is 0 Å². The molecule has 1 amide bonds. The molecule has 1 aromatic carbocycles. The molecule has 0 saturated heterocycles. The van der Waals surface area contributed by atoms with Crippen molar-refractivity contribution in [1.82, 2.24) is 5.32 Å². The second-order valence-corrected chi connectivity index (χ2v) is 4.38. The maximum absolute atomic E-state index is 11.9. The van der Waals surface area contributed by atoms with Crippen LogP contribution in [-0.4, -0.2) is 38.1 Å². The van der Waals surface area contributed by atoms with E-state index >= 15 is 0 Å². The van der Waals surface area contributed by atoms with Crippen LogP contribution in [0.25, 0.3) is 0 Å². The lowest BCUT2D eigenvalue weighted by atomic mass is 10.2. The van der Waals surface area contributed by atoms with E-state index in [-0.39, 0.29) is 0 Å². The first-order valence-electron chi connectivity index (χ1n) is 5.21. The van der Waals surface area contributed by atoms with Gasteiger partial charge in [-0.15, -0.1) is 0 Å². The fourth-order valence-electron chi connectivity index (χ4n) is 1.27. The molecule has 0 unspecified atom stereocenters. The lowest BCUT2D eigenvalue weighted by molar-refractivity contribution is -0.154. The van der Waals surface area contributed by atoms with Crippen molar-refractivity contribution in [2.45, 2.75) is 6.04 Å². The SMILES string of the molecule is COC(=O)C(NC(=O)c1ccc(Br)cc1)C(=O)OC. The number of methoxy groups -OCH3 is 2. The van der Waals surface area contributed by atoms with Crippen molar-refractivity contribution in [1.29, 1.82) is 0 Å². The maximum atomic E-state index is 11.9. The van der Waals surface area contributed by atoms with E-state index in [1.165, 1.54) is 0 Å². The van der Waals surface area contributed by atoms with E-state index in [2.05, 4.69) is 30.7 Å². The molecule has 19 heavy (non-hydrogen) atoms. The lowest BCUT2D eigenvalue weighted by Gasteiger charge is -2.14. The number of rotatable bonds is 4. The van der Waals surface area contributed by atoms with Gasteiger partial charge < -0.3 is 14.8 Å². The summed E-state index contributed by atoms with van der Waals surface area (Å²) in [5, 5.41) is 2.25. The molecule has 0 saturated carbocycles. The zero-order valence-electron chi connectivity index (χ0n) is 10.3. The summed E-state index contributed by atoms with van der Waals surface area (Å²) in [5.41, 5.74) is 0.306. The first kappa shape index (κ1) is 15.2. The molecule has 0 aliphatic heterocycles. The Morgan fingerprint density at radius 2 is 1.53 bits per heavy atom. The van der Waals surface area contributed by atoms with E-state index in [0.717, 1.165) is 18.7 Å². The number of esters is 2. The van der Waals surface area contributed by atoms with Crippen molar-refractivity contribution >= 4 is 33.8 Å². The summed E-state index contributed by atoms with van der Waals surface area (Å²) in [7, 11) is 2.23. The third-order valence-corrected chi connectivity index (χ3v) is 2.78. The van der Waals surface area contributed by atoms with Crippen LogP contribution >= 0.6 is 15.9 Å². The van der Waals surface area contributed by atoms with E-state index in [0.29, 0.717) is 5.56 Å². The second kappa shape index (κ2) is 6.89. The van der Waals surface area contributed by atoms with E-state index in [1.807, 2.05) is 0 Å². The van der Waals surface area contributed by atoms with Crippen molar-refractivity contribution in [2.24, 2.45) is 0 Å². The van der Waals surface area contributed by atoms with Crippen LogP contribution in [0.4, 0.5) is 0 Å². The molecule has 7 heteroatoms. The topological polar surface area (TPSA) is 81.7 Å². The zero-order valence-corrected chi connectivity index (χ0v) is 11.9. The number of halogens is 1. The van der Waals surface area contributed by atoms with E-state index in [4.69, 9.17) is 0 Å². The quantitative estimate of drug-likeness (QED) is 0.655. The van der Waals surface area contributed by atoms with Gasteiger partial charge in [0.2, 0.25) is 6.04 Å². The van der Waals surface area contributed by atoms with Crippen molar-refractivity contribution in [3.05, 3.63) is 34.3 Å². The molecule has 0 aliphatic rings. The van der Waals surface area contributed by atoms with Gasteiger partial charge in [0, 0.05) is 10.0 Å². The zero-order chi connectivity index (χ0) is 14.4. The van der Waals surface area contributed by atoms with Crippen LogP contribution in [0.3, 0.4) is 0 Å². The Morgan fingerprint density at radius 3 is 1.95 bits per heavy atom. The van der Waals surface area contributed by atoms with Gasteiger partial charge in [-0.05, 0) is 24.3 Å². The molecule has 6 nitrogen and oxygen atoms in total. The average molecular weight is 330 g/mol. The Balaban J connectivity index is 2.84. The lowest BCUT2D eigenvalue weighted by Crippen LogP contribution is -2.47. The Labute approximate surface area is 118 Å². The minimum atomic E-state index is -1.48. The minimum absolute atomic E-state index is 0.306. The number of carbonyl (C=O) groups excluding carboxylic acids is 3. The highest BCUT2D eigenvalue weighted by atomic mass is 79.9. The summed E-state index contributed by atoms with van der Waals surface area (Å²) < 4.78 is 9.67. The summed E-state index contributed by atoms with van der Waals surface area (Å²) in [6.45, 7) is 0. The molecule has 0 radical (unpaired) electrons. The number of benzene rings is 1. The highest BCUT2D eigenvalue weighted by molar-refractivity contribution is 9.10. The van der Waals surface area contributed by atoms with Crippen molar-refractivity contribution in [3.8, 4) is 0 Å². The first-order valence-corrected chi connectivity index (χ1v) is 6.01. The smallest absolute Gasteiger partial charge is 0.340 e. The van der Waals surface area contributed by atoms with E-state index < -0.39 is 23.9 Å². The fraction of sp³-hybridized carbons (Fsp3) is 0.250. The Bertz CT molecular complexity index is 469. The van der Waals surface area contributed by atoms with Gasteiger partial charge in [0.1, 0.15) is 0 Å². The summed E-state index contributed by atoms with van der Waals surface area (Å²) >= 11 is 3.23. The number of nitrogens with one attached hydrogen (secondary N) is 1. The molecule has 0 heterocycles. The predicted molar refractivity (Wildman–Crippen MR) is 69.4 cm³/mol. The van der Waals surface area contributed by atoms with Gasteiger partial charge in [0.25, 0.3) is 5.91 Å². The van der Waals surface area contributed by atoms with Gasteiger partial charge in [0.05, 0.1) is 14.2 Å². The van der Waals surface area contributed by atoms with Crippen LogP contribution in [0.15, 0.2) is 28.7 Å².